The van der Waals surface area contributed by atoms with Crippen molar-refractivity contribution in [2.45, 2.75) is 53.2 Å². The smallest absolute Gasteiger partial charge is 0.0802 e. The van der Waals surface area contributed by atoms with E-state index in [1.807, 2.05) is 12.1 Å². The summed E-state index contributed by atoms with van der Waals surface area (Å²) in [7, 11) is 0. The first-order valence-electron chi connectivity index (χ1n) is 7.38. The molecule has 1 N–H and O–H groups in total. The van der Waals surface area contributed by atoms with Crippen LogP contribution in [-0.4, -0.2) is 29.1 Å². The molecule has 108 valence electrons. The molecule has 0 spiro atoms. The van der Waals surface area contributed by atoms with Crippen LogP contribution in [0.1, 0.15) is 51.3 Å². The van der Waals surface area contributed by atoms with Crippen molar-refractivity contribution < 1.29 is 5.11 Å². The Morgan fingerprint density at radius 1 is 1.05 bits per heavy atom. The molecule has 1 aromatic rings. The molecular formula is C17H29NO. The van der Waals surface area contributed by atoms with Crippen molar-refractivity contribution >= 4 is 0 Å². The lowest BCUT2D eigenvalue weighted by molar-refractivity contribution is 0.123. The van der Waals surface area contributed by atoms with Crippen molar-refractivity contribution in [3.8, 4) is 0 Å². The Balaban J connectivity index is 2.51. The first kappa shape index (κ1) is 16.2. The second kappa shape index (κ2) is 7.66. The van der Waals surface area contributed by atoms with E-state index in [1.54, 1.807) is 0 Å². The molecule has 0 saturated heterocycles. The molecule has 0 amide bonds. The van der Waals surface area contributed by atoms with Crippen LogP contribution in [0.15, 0.2) is 24.3 Å². The van der Waals surface area contributed by atoms with Crippen molar-refractivity contribution in [3.63, 3.8) is 0 Å². The van der Waals surface area contributed by atoms with E-state index in [-0.39, 0.29) is 6.10 Å². The van der Waals surface area contributed by atoms with Crippen LogP contribution < -0.4 is 0 Å². The van der Waals surface area contributed by atoms with Gasteiger partial charge in [0.05, 0.1) is 6.10 Å². The zero-order valence-corrected chi connectivity index (χ0v) is 13.1. The molecule has 1 atom stereocenters. The van der Waals surface area contributed by atoms with E-state index in [2.05, 4.69) is 51.7 Å². The summed E-state index contributed by atoms with van der Waals surface area (Å²) in [6, 6.07) is 8.72. The zero-order valence-electron chi connectivity index (χ0n) is 13.1. The number of aliphatic hydroxyl groups is 1. The summed E-state index contributed by atoms with van der Waals surface area (Å²) in [5.74, 6) is 0.666. The van der Waals surface area contributed by atoms with Crippen molar-refractivity contribution in [1.82, 2.24) is 4.90 Å². The van der Waals surface area contributed by atoms with Gasteiger partial charge in [0, 0.05) is 19.1 Å². The average Bonchev–Trinajstić information content (AvgIpc) is 2.34. The fourth-order valence-corrected chi connectivity index (χ4v) is 2.27. The van der Waals surface area contributed by atoms with Gasteiger partial charge in [-0.1, -0.05) is 43.7 Å². The predicted molar refractivity (Wildman–Crippen MR) is 82.3 cm³/mol. The maximum absolute atomic E-state index is 10.2. The van der Waals surface area contributed by atoms with E-state index in [4.69, 9.17) is 0 Å². The highest BCUT2D eigenvalue weighted by Crippen LogP contribution is 2.18. The highest BCUT2D eigenvalue weighted by Gasteiger charge is 2.14. The van der Waals surface area contributed by atoms with E-state index < -0.39 is 0 Å². The van der Waals surface area contributed by atoms with Crippen LogP contribution in [0, 0.1) is 12.8 Å². The third kappa shape index (κ3) is 5.75. The van der Waals surface area contributed by atoms with Gasteiger partial charge in [-0.2, -0.15) is 0 Å². The third-order valence-electron chi connectivity index (χ3n) is 3.48. The summed E-state index contributed by atoms with van der Waals surface area (Å²) in [6.45, 7) is 13.0. The SMILES string of the molecule is Cc1ccc(C(O)CCN(CC(C)C)C(C)C)cc1. The Kier molecular flexibility index (Phi) is 6.53. The molecule has 0 saturated carbocycles. The molecule has 0 bridgehead atoms. The molecule has 0 fully saturated rings. The average molecular weight is 263 g/mol. The van der Waals surface area contributed by atoms with Gasteiger partial charge >= 0.3 is 0 Å². The second-order valence-corrected chi connectivity index (χ2v) is 6.20. The number of nitrogens with zero attached hydrogens (tertiary/aromatic N) is 1. The summed E-state index contributed by atoms with van der Waals surface area (Å²) in [4.78, 5) is 2.45. The fourth-order valence-electron chi connectivity index (χ4n) is 2.27. The summed E-state index contributed by atoms with van der Waals surface area (Å²) in [6.07, 6.45) is 0.447. The number of hydrogen-bond donors (Lipinski definition) is 1. The second-order valence-electron chi connectivity index (χ2n) is 6.20. The lowest BCUT2D eigenvalue weighted by atomic mass is 10.0. The van der Waals surface area contributed by atoms with E-state index >= 15 is 0 Å². The van der Waals surface area contributed by atoms with Crippen LogP contribution in [0.2, 0.25) is 0 Å². The number of rotatable bonds is 7. The Morgan fingerprint density at radius 2 is 1.63 bits per heavy atom. The van der Waals surface area contributed by atoms with Gasteiger partial charge in [-0.3, -0.25) is 0 Å². The Morgan fingerprint density at radius 3 is 2.11 bits per heavy atom. The van der Waals surface area contributed by atoms with E-state index in [9.17, 15) is 5.11 Å². The topological polar surface area (TPSA) is 23.5 Å². The number of benzene rings is 1. The van der Waals surface area contributed by atoms with Crippen molar-refractivity contribution in [3.05, 3.63) is 35.4 Å². The van der Waals surface area contributed by atoms with Gasteiger partial charge in [-0.25, -0.2) is 0 Å². The standard InChI is InChI=1S/C17H29NO/c1-13(2)12-18(14(3)4)11-10-17(19)16-8-6-15(5)7-9-16/h6-9,13-14,17,19H,10-12H2,1-5H3. The van der Waals surface area contributed by atoms with Gasteiger partial charge in [0.1, 0.15) is 0 Å². The van der Waals surface area contributed by atoms with Crippen LogP contribution in [0.25, 0.3) is 0 Å². The summed E-state index contributed by atoms with van der Waals surface area (Å²) >= 11 is 0. The van der Waals surface area contributed by atoms with Crippen LogP contribution in [0.5, 0.6) is 0 Å². The van der Waals surface area contributed by atoms with E-state index in [0.717, 1.165) is 25.1 Å². The molecule has 1 unspecified atom stereocenters. The van der Waals surface area contributed by atoms with Crippen molar-refractivity contribution in [2.75, 3.05) is 13.1 Å². The maximum atomic E-state index is 10.2. The summed E-state index contributed by atoms with van der Waals surface area (Å²) in [5, 5.41) is 10.2. The van der Waals surface area contributed by atoms with Crippen molar-refractivity contribution in [2.24, 2.45) is 5.92 Å². The van der Waals surface area contributed by atoms with Gasteiger partial charge in [-0.15, -0.1) is 0 Å². The minimum absolute atomic E-state index is 0.353. The molecule has 0 aliphatic carbocycles. The Bertz CT molecular complexity index is 356. The molecular weight excluding hydrogens is 234 g/mol. The first-order valence-corrected chi connectivity index (χ1v) is 7.38. The van der Waals surface area contributed by atoms with Crippen LogP contribution in [0.3, 0.4) is 0 Å². The molecule has 2 nitrogen and oxygen atoms in total. The first-order chi connectivity index (χ1) is 8.90. The monoisotopic (exact) mass is 263 g/mol. The Labute approximate surface area is 118 Å². The highest BCUT2D eigenvalue weighted by atomic mass is 16.3. The van der Waals surface area contributed by atoms with Crippen LogP contribution in [0.4, 0.5) is 0 Å². The zero-order chi connectivity index (χ0) is 14.4. The van der Waals surface area contributed by atoms with Crippen LogP contribution >= 0.6 is 0 Å². The van der Waals surface area contributed by atoms with Gasteiger partial charge in [0.15, 0.2) is 0 Å². The predicted octanol–water partition coefficient (Wildman–Crippen LogP) is 3.78. The van der Waals surface area contributed by atoms with Gasteiger partial charge in [0.25, 0.3) is 0 Å². The molecule has 19 heavy (non-hydrogen) atoms. The quantitative estimate of drug-likeness (QED) is 0.809. The summed E-state index contributed by atoms with van der Waals surface area (Å²) < 4.78 is 0. The minimum Gasteiger partial charge on any atom is -0.388 e. The lowest BCUT2D eigenvalue weighted by Gasteiger charge is -2.29. The van der Waals surface area contributed by atoms with E-state index in [0.29, 0.717) is 12.0 Å². The maximum Gasteiger partial charge on any atom is 0.0802 e. The molecule has 1 aromatic carbocycles. The highest BCUT2D eigenvalue weighted by molar-refractivity contribution is 5.23. The van der Waals surface area contributed by atoms with Gasteiger partial charge in [-0.05, 0) is 38.7 Å². The molecule has 0 radical (unpaired) electrons. The van der Waals surface area contributed by atoms with Gasteiger partial charge < -0.3 is 10.0 Å². The molecule has 1 rings (SSSR count). The van der Waals surface area contributed by atoms with Gasteiger partial charge in [0.2, 0.25) is 0 Å². The molecule has 2 heteroatoms. The molecule has 0 aliphatic rings. The molecule has 0 aromatic heterocycles. The third-order valence-corrected chi connectivity index (χ3v) is 3.48. The fraction of sp³-hybridized carbons (Fsp3) is 0.647. The summed E-state index contributed by atoms with van der Waals surface area (Å²) in [5.41, 5.74) is 2.26. The number of hydrogen-bond acceptors (Lipinski definition) is 2. The molecule has 0 aliphatic heterocycles. The normalized spacial score (nSPS) is 13.5. The number of aryl methyl sites for hydroxylation is 1. The largest absolute Gasteiger partial charge is 0.388 e. The number of aliphatic hydroxyl groups excluding tert-OH is 1. The van der Waals surface area contributed by atoms with Crippen LogP contribution in [-0.2, 0) is 0 Å². The minimum atomic E-state index is -0.353. The van der Waals surface area contributed by atoms with Crippen molar-refractivity contribution in [1.29, 1.82) is 0 Å². The molecule has 0 heterocycles. The Hall–Kier alpha value is -0.860. The van der Waals surface area contributed by atoms with E-state index in [1.165, 1.54) is 5.56 Å². The lowest BCUT2D eigenvalue weighted by Crippen LogP contribution is -2.35.